The summed E-state index contributed by atoms with van der Waals surface area (Å²) in [7, 11) is 1.60. The van der Waals surface area contributed by atoms with Crippen LogP contribution in [0.25, 0.3) is 11.0 Å². The van der Waals surface area contributed by atoms with E-state index in [9.17, 15) is 4.79 Å². The number of benzene rings is 2. The lowest BCUT2D eigenvalue weighted by atomic mass is 10.1. The van der Waals surface area contributed by atoms with Gasteiger partial charge in [-0.05, 0) is 48.7 Å². The van der Waals surface area contributed by atoms with E-state index in [4.69, 9.17) is 14.2 Å². The van der Waals surface area contributed by atoms with Crippen LogP contribution in [0.15, 0.2) is 49.1 Å². The van der Waals surface area contributed by atoms with Crippen molar-refractivity contribution in [2.45, 2.75) is 25.5 Å². The number of carbonyl (C=O) groups is 1. The van der Waals surface area contributed by atoms with E-state index in [0.29, 0.717) is 42.3 Å². The minimum Gasteiger partial charge on any atom is -0.493 e. The Morgan fingerprint density at radius 3 is 2.90 bits per heavy atom. The van der Waals surface area contributed by atoms with Gasteiger partial charge in [0.2, 0.25) is 0 Å². The van der Waals surface area contributed by atoms with E-state index in [-0.39, 0.29) is 12.0 Å². The largest absolute Gasteiger partial charge is 0.493 e. The highest BCUT2D eigenvalue weighted by atomic mass is 16.5. The Hall–Kier alpha value is -3.39. The third kappa shape index (κ3) is 4.86. The SMILES string of the molecule is C=CCOc1ccc(CN(CC2CCCO2)C(=O)c2ccc3n[nH]nc3c2)cc1OC. The Morgan fingerprint density at radius 2 is 2.13 bits per heavy atom. The number of nitrogens with zero attached hydrogens (tertiary/aromatic N) is 3. The molecular weight excluding hydrogens is 396 g/mol. The molecule has 1 aromatic heterocycles. The number of hydrogen-bond acceptors (Lipinski definition) is 6. The van der Waals surface area contributed by atoms with Crippen LogP contribution in [0, 0.1) is 0 Å². The first kappa shape index (κ1) is 20.9. The molecule has 1 aliphatic heterocycles. The average Bonchev–Trinajstić information content (AvgIpc) is 3.48. The summed E-state index contributed by atoms with van der Waals surface area (Å²) in [6, 6.07) is 11.0. The van der Waals surface area contributed by atoms with Gasteiger partial charge in [0.1, 0.15) is 17.6 Å². The van der Waals surface area contributed by atoms with Crippen molar-refractivity contribution in [2.24, 2.45) is 0 Å². The smallest absolute Gasteiger partial charge is 0.254 e. The van der Waals surface area contributed by atoms with Gasteiger partial charge in [-0.15, -0.1) is 0 Å². The van der Waals surface area contributed by atoms with Crippen molar-refractivity contribution in [3.63, 3.8) is 0 Å². The Morgan fingerprint density at radius 1 is 1.26 bits per heavy atom. The molecule has 1 N–H and O–H groups in total. The Kier molecular flexibility index (Phi) is 6.47. The maximum Gasteiger partial charge on any atom is 0.254 e. The van der Waals surface area contributed by atoms with E-state index in [1.807, 2.05) is 23.1 Å². The molecule has 1 aliphatic rings. The lowest BCUT2D eigenvalue weighted by molar-refractivity contribution is 0.0507. The van der Waals surface area contributed by atoms with Crippen molar-refractivity contribution in [3.05, 3.63) is 60.2 Å². The van der Waals surface area contributed by atoms with Gasteiger partial charge in [-0.3, -0.25) is 4.79 Å². The summed E-state index contributed by atoms with van der Waals surface area (Å²) < 4.78 is 16.9. The third-order valence-corrected chi connectivity index (χ3v) is 5.26. The molecule has 2 aromatic carbocycles. The Balaban J connectivity index is 1.58. The molecule has 0 saturated carbocycles. The number of hydrogen-bond donors (Lipinski definition) is 1. The van der Waals surface area contributed by atoms with E-state index in [1.165, 1.54) is 0 Å². The molecule has 0 aliphatic carbocycles. The quantitative estimate of drug-likeness (QED) is 0.532. The lowest BCUT2D eigenvalue weighted by Crippen LogP contribution is -2.37. The summed E-state index contributed by atoms with van der Waals surface area (Å²) in [5.74, 6) is 1.18. The van der Waals surface area contributed by atoms with E-state index in [1.54, 1.807) is 31.4 Å². The van der Waals surface area contributed by atoms with Gasteiger partial charge in [0.25, 0.3) is 5.91 Å². The summed E-state index contributed by atoms with van der Waals surface area (Å²) in [5, 5.41) is 10.7. The van der Waals surface area contributed by atoms with Crippen LogP contribution < -0.4 is 9.47 Å². The molecule has 2 heterocycles. The summed E-state index contributed by atoms with van der Waals surface area (Å²) in [4.78, 5) is 15.2. The highest BCUT2D eigenvalue weighted by Crippen LogP contribution is 2.29. The average molecular weight is 422 g/mol. The number of aromatic amines is 1. The second-order valence-corrected chi connectivity index (χ2v) is 7.43. The monoisotopic (exact) mass is 422 g/mol. The van der Waals surface area contributed by atoms with Crippen molar-refractivity contribution in [3.8, 4) is 11.5 Å². The molecule has 0 spiro atoms. The zero-order chi connectivity index (χ0) is 21.6. The lowest BCUT2D eigenvalue weighted by Gasteiger charge is -2.26. The summed E-state index contributed by atoms with van der Waals surface area (Å²) >= 11 is 0. The second-order valence-electron chi connectivity index (χ2n) is 7.43. The summed E-state index contributed by atoms with van der Waals surface area (Å²) in [5.41, 5.74) is 2.89. The number of methoxy groups -OCH3 is 1. The van der Waals surface area contributed by atoms with Crippen LogP contribution in [0.3, 0.4) is 0 Å². The number of aromatic nitrogens is 3. The van der Waals surface area contributed by atoms with Crippen LogP contribution in [0.1, 0.15) is 28.8 Å². The second kappa shape index (κ2) is 9.61. The first-order valence-electron chi connectivity index (χ1n) is 10.3. The number of carbonyl (C=O) groups excluding carboxylic acids is 1. The van der Waals surface area contributed by atoms with Gasteiger partial charge in [-0.1, -0.05) is 18.7 Å². The van der Waals surface area contributed by atoms with Gasteiger partial charge in [0.15, 0.2) is 11.5 Å². The van der Waals surface area contributed by atoms with Gasteiger partial charge < -0.3 is 19.1 Å². The molecule has 1 unspecified atom stereocenters. The highest BCUT2D eigenvalue weighted by molar-refractivity contribution is 5.97. The predicted molar refractivity (Wildman–Crippen MR) is 116 cm³/mol. The zero-order valence-electron chi connectivity index (χ0n) is 17.5. The maximum absolute atomic E-state index is 13.4. The maximum atomic E-state index is 13.4. The molecule has 8 nitrogen and oxygen atoms in total. The first-order chi connectivity index (χ1) is 15.2. The minimum absolute atomic E-state index is 0.0387. The molecule has 0 radical (unpaired) electrons. The number of fused-ring (bicyclic) bond motifs is 1. The van der Waals surface area contributed by atoms with Gasteiger partial charge >= 0.3 is 0 Å². The Labute approximate surface area is 180 Å². The molecule has 4 rings (SSSR count). The van der Waals surface area contributed by atoms with Crippen LogP contribution in [0.4, 0.5) is 0 Å². The Bertz CT molecular complexity index is 1060. The molecule has 0 bridgehead atoms. The van der Waals surface area contributed by atoms with Gasteiger partial charge in [-0.2, -0.15) is 15.4 Å². The van der Waals surface area contributed by atoms with Gasteiger partial charge in [-0.25, -0.2) is 0 Å². The molecule has 1 atom stereocenters. The van der Waals surface area contributed by atoms with Crippen molar-refractivity contribution in [1.29, 1.82) is 0 Å². The fraction of sp³-hybridized carbons (Fsp3) is 0.348. The zero-order valence-corrected chi connectivity index (χ0v) is 17.5. The van der Waals surface area contributed by atoms with Crippen LogP contribution in [-0.4, -0.2) is 59.2 Å². The minimum atomic E-state index is -0.0775. The number of amides is 1. The van der Waals surface area contributed by atoms with E-state index < -0.39 is 0 Å². The molecule has 8 heteroatoms. The predicted octanol–water partition coefficient (Wildman–Crippen LogP) is 3.35. The summed E-state index contributed by atoms with van der Waals surface area (Å²) in [6.07, 6.45) is 3.68. The van der Waals surface area contributed by atoms with Crippen LogP contribution in [0.5, 0.6) is 11.5 Å². The van der Waals surface area contributed by atoms with E-state index >= 15 is 0 Å². The number of ether oxygens (including phenoxy) is 3. The normalized spacial score (nSPS) is 15.7. The van der Waals surface area contributed by atoms with E-state index in [0.717, 1.165) is 30.5 Å². The first-order valence-corrected chi connectivity index (χ1v) is 10.3. The molecule has 162 valence electrons. The third-order valence-electron chi connectivity index (χ3n) is 5.26. The molecule has 1 fully saturated rings. The fourth-order valence-corrected chi connectivity index (χ4v) is 3.71. The molecular formula is C23H26N4O4. The number of H-pyrrole nitrogens is 1. The van der Waals surface area contributed by atoms with Crippen molar-refractivity contribution in [2.75, 3.05) is 26.9 Å². The topological polar surface area (TPSA) is 89.6 Å². The molecule has 31 heavy (non-hydrogen) atoms. The van der Waals surface area contributed by atoms with Crippen molar-refractivity contribution >= 4 is 16.9 Å². The number of nitrogens with one attached hydrogen (secondary N) is 1. The highest BCUT2D eigenvalue weighted by Gasteiger charge is 2.24. The van der Waals surface area contributed by atoms with Crippen LogP contribution in [0.2, 0.25) is 0 Å². The molecule has 1 amide bonds. The van der Waals surface area contributed by atoms with Gasteiger partial charge in [0, 0.05) is 25.3 Å². The van der Waals surface area contributed by atoms with Crippen molar-refractivity contribution in [1.82, 2.24) is 20.3 Å². The van der Waals surface area contributed by atoms with Crippen LogP contribution >= 0.6 is 0 Å². The van der Waals surface area contributed by atoms with Crippen molar-refractivity contribution < 1.29 is 19.0 Å². The fourth-order valence-electron chi connectivity index (χ4n) is 3.71. The van der Waals surface area contributed by atoms with E-state index in [2.05, 4.69) is 22.0 Å². The molecule has 1 saturated heterocycles. The molecule has 3 aromatic rings. The summed E-state index contributed by atoms with van der Waals surface area (Å²) in [6.45, 7) is 5.74. The van der Waals surface area contributed by atoms with Crippen LogP contribution in [-0.2, 0) is 11.3 Å². The van der Waals surface area contributed by atoms with Gasteiger partial charge in [0.05, 0.1) is 13.2 Å². The standard InChI is InChI=1S/C23H26N4O4/c1-3-10-31-21-9-6-16(12-22(21)29-2)14-27(15-18-5-4-11-30-18)23(28)17-7-8-19-20(13-17)25-26-24-19/h3,6-9,12-13,18H,1,4-5,10-11,14-15H2,2H3,(H,24,25,26). The number of rotatable bonds is 9.